The maximum absolute atomic E-state index is 13.1. The van der Waals surface area contributed by atoms with E-state index in [-0.39, 0.29) is 24.5 Å². The van der Waals surface area contributed by atoms with Crippen LogP contribution in [0.15, 0.2) is 30.5 Å². The normalized spacial score (nSPS) is 14.7. The van der Waals surface area contributed by atoms with E-state index in [9.17, 15) is 24.3 Å². The van der Waals surface area contributed by atoms with Gasteiger partial charge in [0.1, 0.15) is 24.2 Å². The number of carbonyl (C=O) groups is 4. The molecule has 0 aliphatic heterocycles. The van der Waals surface area contributed by atoms with E-state index >= 15 is 0 Å². The fourth-order valence-corrected chi connectivity index (χ4v) is 3.78. The minimum absolute atomic E-state index is 0.00482. The molecule has 2 rings (SSSR count). The molecule has 4 unspecified atom stereocenters. The van der Waals surface area contributed by atoms with E-state index < -0.39 is 54.5 Å². The zero-order valence-electron chi connectivity index (χ0n) is 19.7. The van der Waals surface area contributed by atoms with Gasteiger partial charge in [-0.15, -0.1) is 0 Å². The minimum atomic E-state index is -1.23. The molecule has 11 nitrogen and oxygen atoms in total. The quantitative estimate of drug-likeness (QED) is 0.169. The van der Waals surface area contributed by atoms with E-state index in [4.69, 9.17) is 10.8 Å². The van der Waals surface area contributed by atoms with Gasteiger partial charge in [-0.25, -0.2) is 4.79 Å². The predicted molar refractivity (Wildman–Crippen MR) is 134 cm³/mol. The molecule has 0 aliphatic rings. The van der Waals surface area contributed by atoms with E-state index in [1.165, 1.54) is 0 Å². The molecule has 1 aromatic carbocycles. The van der Waals surface area contributed by atoms with Crippen LogP contribution in [-0.4, -0.2) is 75.4 Å². The monoisotopic (exact) mass is 507 g/mol. The largest absolute Gasteiger partial charge is 0.480 e. The van der Waals surface area contributed by atoms with Crippen LogP contribution < -0.4 is 21.7 Å². The molecule has 8 N–H and O–H groups in total. The summed E-state index contributed by atoms with van der Waals surface area (Å²) in [6.07, 6.45) is 1.99. The highest BCUT2D eigenvalue weighted by atomic mass is 32.1. The van der Waals surface area contributed by atoms with Crippen LogP contribution in [0.5, 0.6) is 0 Å². The third-order valence-electron chi connectivity index (χ3n) is 5.40. The molecular formula is C23H33N5O6S. The lowest BCUT2D eigenvalue weighted by molar-refractivity contribution is -0.142. The third-order valence-corrected chi connectivity index (χ3v) is 5.77. The molecule has 0 saturated heterocycles. The molecule has 0 bridgehead atoms. The van der Waals surface area contributed by atoms with Gasteiger partial charge in [0.05, 0.1) is 6.61 Å². The number of H-pyrrole nitrogens is 1. The van der Waals surface area contributed by atoms with Crippen molar-refractivity contribution in [3.05, 3.63) is 36.0 Å². The molecule has 192 valence electrons. The van der Waals surface area contributed by atoms with Crippen molar-refractivity contribution in [2.24, 2.45) is 11.7 Å². The number of amides is 3. The standard InChI is InChI=1S/C23H33N5O6S/c1-12(2)7-17(26-22(32)19(11-35)28-20(30)15(24)10-29)21(31)27-18(23(33)34)8-13-9-25-16-6-4-3-5-14(13)16/h3-6,9,12,15,17-19,25,29,35H,7-8,10-11,24H2,1-2H3,(H,26,32)(H,27,31)(H,28,30)(H,33,34). The van der Waals surface area contributed by atoms with Crippen molar-refractivity contribution >= 4 is 47.2 Å². The Kier molecular flexibility index (Phi) is 10.6. The van der Waals surface area contributed by atoms with Gasteiger partial charge in [-0.3, -0.25) is 14.4 Å². The minimum Gasteiger partial charge on any atom is -0.480 e. The summed E-state index contributed by atoms with van der Waals surface area (Å²) in [5.41, 5.74) is 7.05. The highest BCUT2D eigenvalue weighted by Gasteiger charge is 2.30. The number of fused-ring (bicyclic) bond motifs is 1. The Bertz CT molecular complexity index is 1040. The number of rotatable bonds is 13. The number of aromatic amines is 1. The van der Waals surface area contributed by atoms with E-state index in [1.54, 1.807) is 6.20 Å². The van der Waals surface area contributed by atoms with Crippen molar-refractivity contribution in [3.8, 4) is 0 Å². The number of aliphatic hydroxyl groups excluding tert-OH is 1. The molecule has 35 heavy (non-hydrogen) atoms. The summed E-state index contributed by atoms with van der Waals surface area (Å²) in [5.74, 6) is -3.37. The van der Waals surface area contributed by atoms with Gasteiger partial charge >= 0.3 is 5.97 Å². The Morgan fingerprint density at radius 2 is 1.60 bits per heavy atom. The van der Waals surface area contributed by atoms with Crippen molar-refractivity contribution in [1.29, 1.82) is 0 Å². The molecule has 0 saturated carbocycles. The number of carbonyl (C=O) groups excluding carboxylic acids is 3. The first-order valence-corrected chi connectivity index (χ1v) is 11.9. The lowest BCUT2D eigenvalue weighted by Gasteiger charge is -2.25. The number of carboxylic acids is 1. The molecule has 4 atom stereocenters. The first kappa shape index (κ1) is 28.1. The van der Waals surface area contributed by atoms with Gasteiger partial charge in [-0.05, 0) is 24.0 Å². The fraction of sp³-hybridized carbons (Fsp3) is 0.478. The lowest BCUT2D eigenvalue weighted by Crippen LogP contribution is -2.58. The smallest absolute Gasteiger partial charge is 0.326 e. The summed E-state index contributed by atoms with van der Waals surface area (Å²) in [5, 5.41) is 27.1. The zero-order valence-corrected chi connectivity index (χ0v) is 20.5. The summed E-state index contributed by atoms with van der Waals surface area (Å²) in [6, 6.07) is 2.84. The van der Waals surface area contributed by atoms with Gasteiger partial charge in [-0.1, -0.05) is 32.0 Å². The first-order valence-electron chi connectivity index (χ1n) is 11.2. The van der Waals surface area contributed by atoms with Crippen LogP contribution in [0.25, 0.3) is 10.9 Å². The molecule has 1 aromatic heterocycles. The van der Waals surface area contributed by atoms with E-state index in [0.29, 0.717) is 0 Å². The number of hydrogen-bond acceptors (Lipinski definition) is 7. The highest BCUT2D eigenvalue weighted by Crippen LogP contribution is 2.19. The van der Waals surface area contributed by atoms with Crippen molar-refractivity contribution in [2.45, 2.75) is 50.9 Å². The molecule has 0 fully saturated rings. The van der Waals surface area contributed by atoms with Crippen LogP contribution in [0.4, 0.5) is 0 Å². The average molecular weight is 508 g/mol. The van der Waals surface area contributed by atoms with Crippen LogP contribution in [0.2, 0.25) is 0 Å². The lowest BCUT2D eigenvalue weighted by atomic mass is 10.0. The maximum atomic E-state index is 13.1. The second kappa shape index (κ2) is 13.1. The second-order valence-corrected chi connectivity index (χ2v) is 9.05. The van der Waals surface area contributed by atoms with Crippen molar-refractivity contribution in [3.63, 3.8) is 0 Å². The average Bonchev–Trinajstić information content (AvgIpc) is 3.23. The topological polar surface area (TPSA) is 187 Å². The van der Waals surface area contributed by atoms with E-state index in [1.807, 2.05) is 38.1 Å². The van der Waals surface area contributed by atoms with E-state index in [0.717, 1.165) is 16.5 Å². The molecule has 0 spiro atoms. The van der Waals surface area contributed by atoms with Crippen LogP contribution in [-0.2, 0) is 25.6 Å². The number of hydrogen-bond donors (Lipinski definition) is 8. The summed E-state index contributed by atoms with van der Waals surface area (Å²) in [4.78, 5) is 52.8. The molecule has 12 heteroatoms. The molecule has 3 amide bonds. The van der Waals surface area contributed by atoms with Gasteiger partial charge in [0, 0.05) is 29.3 Å². The predicted octanol–water partition coefficient (Wildman–Crippen LogP) is -0.455. The highest BCUT2D eigenvalue weighted by molar-refractivity contribution is 7.80. The summed E-state index contributed by atoms with van der Waals surface area (Å²) >= 11 is 4.07. The van der Waals surface area contributed by atoms with Crippen molar-refractivity contribution in [2.75, 3.05) is 12.4 Å². The van der Waals surface area contributed by atoms with Gasteiger partial charge in [-0.2, -0.15) is 12.6 Å². The molecular weight excluding hydrogens is 474 g/mol. The van der Waals surface area contributed by atoms with Gasteiger partial charge in [0.2, 0.25) is 17.7 Å². The number of para-hydroxylation sites is 1. The maximum Gasteiger partial charge on any atom is 0.326 e. The molecule has 0 radical (unpaired) electrons. The summed E-state index contributed by atoms with van der Waals surface area (Å²) in [7, 11) is 0. The fourth-order valence-electron chi connectivity index (χ4n) is 3.52. The second-order valence-electron chi connectivity index (χ2n) is 8.69. The number of nitrogens with one attached hydrogen (secondary N) is 4. The number of carboxylic acid groups (broad SMARTS) is 1. The number of aromatic nitrogens is 1. The molecule has 2 aromatic rings. The van der Waals surface area contributed by atoms with Crippen LogP contribution in [0.1, 0.15) is 25.8 Å². The zero-order chi connectivity index (χ0) is 26.1. The Hall–Kier alpha value is -3.09. The molecule has 0 aliphatic carbocycles. The number of aliphatic hydroxyl groups is 1. The van der Waals surface area contributed by atoms with Crippen molar-refractivity contribution in [1.82, 2.24) is 20.9 Å². The van der Waals surface area contributed by atoms with Crippen LogP contribution >= 0.6 is 12.6 Å². The Balaban J connectivity index is 2.13. The first-order chi connectivity index (χ1) is 16.6. The van der Waals surface area contributed by atoms with Crippen LogP contribution in [0.3, 0.4) is 0 Å². The van der Waals surface area contributed by atoms with Crippen LogP contribution in [0, 0.1) is 5.92 Å². The molecule has 1 heterocycles. The number of aliphatic carboxylic acids is 1. The Morgan fingerprint density at radius 3 is 2.20 bits per heavy atom. The van der Waals surface area contributed by atoms with Crippen molar-refractivity contribution < 1.29 is 29.4 Å². The van der Waals surface area contributed by atoms with E-state index in [2.05, 4.69) is 33.6 Å². The SMILES string of the molecule is CC(C)CC(NC(=O)C(CS)NC(=O)C(N)CO)C(=O)NC(Cc1c[nH]c2ccccc12)C(=O)O. The van der Waals surface area contributed by atoms with Gasteiger partial charge in [0.25, 0.3) is 0 Å². The Labute approximate surface area is 208 Å². The number of thiol groups is 1. The Morgan fingerprint density at radius 1 is 1.00 bits per heavy atom. The van der Waals surface area contributed by atoms with Gasteiger partial charge in [0.15, 0.2) is 0 Å². The number of benzene rings is 1. The summed E-state index contributed by atoms with van der Waals surface area (Å²) in [6.45, 7) is 3.11. The van der Waals surface area contributed by atoms with Gasteiger partial charge < -0.3 is 36.9 Å². The third kappa shape index (κ3) is 7.98. The summed E-state index contributed by atoms with van der Waals surface area (Å²) < 4.78 is 0. The number of nitrogens with two attached hydrogens (primary N) is 1.